The highest BCUT2D eigenvalue weighted by Crippen LogP contribution is 2.18. The number of pyridine rings is 1. The number of carboxylic acids is 1. The molecule has 0 unspecified atom stereocenters. The van der Waals surface area contributed by atoms with Crippen molar-refractivity contribution < 1.29 is 32.6 Å². The Balaban J connectivity index is 0.000000454. The van der Waals surface area contributed by atoms with Gasteiger partial charge in [0.25, 0.3) is 0 Å². The van der Waals surface area contributed by atoms with Crippen molar-refractivity contribution in [1.82, 2.24) is 24.9 Å². The molecule has 4 rings (SSSR count). The average Bonchev–Trinajstić information content (AvgIpc) is 3.27. The van der Waals surface area contributed by atoms with Gasteiger partial charge in [0.1, 0.15) is 5.69 Å². The summed E-state index contributed by atoms with van der Waals surface area (Å²) in [4.78, 5) is 27.5. The lowest BCUT2D eigenvalue weighted by molar-refractivity contribution is -0.192. The van der Waals surface area contributed by atoms with Crippen LogP contribution in [0.2, 0.25) is 0 Å². The number of amides is 2. The number of nitrogens with zero attached hydrogens (tertiary/aromatic N) is 5. The molecule has 192 valence electrons. The largest absolute Gasteiger partial charge is 0.490 e. The van der Waals surface area contributed by atoms with Gasteiger partial charge in [0.15, 0.2) is 0 Å². The number of alkyl halides is 3. The molecule has 13 heteroatoms. The van der Waals surface area contributed by atoms with Gasteiger partial charge in [-0.2, -0.15) is 13.2 Å². The highest BCUT2D eigenvalue weighted by molar-refractivity contribution is 5.89. The Bertz CT molecular complexity index is 1170. The molecule has 1 aromatic carbocycles. The predicted octanol–water partition coefficient (Wildman–Crippen LogP) is 3.63. The summed E-state index contributed by atoms with van der Waals surface area (Å²) in [5, 5.41) is 18.6. The number of hydrogen-bond acceptors (Lipinski definition) is 6. The number of aryl methyl sites for hydroxylation is 1. The maximum absolute atomic E-state index is 12.7. The molecule has 0 saturated heterocycles. The van der Waals surface area contributed by atoms with E-state index in [-0.39, 0.29) is 6.03 Å². The van der Waals surface area contributed by atoms with Gasteiger partial charge in [-0.25, -0.2) is 14.3 Å². The Labute approximate surface area is 204 Å². The van der Waals surface area contributed by atoms with Crippen LogP contribution >= 0.6 is 0 Å². The van der Waals surface area contributed by atoms with Crippen LogP contribution in [0.25, 0.3) is 0 Å². The Morgan fingerprint density at radius 2 is 1.89 bits per heavy atom. The lowest BCUT2D eigenvalue weighted by Gasteiger charge is -2.28. The summed E-state index contributed by atoms with van der Waals surface area (Å²) in [5.41, 5.74) is 4.69. The molecular formula is C23H25F3N6O4. The molecule has 0 bridgehead atoms. The number of urea groups is 1. The SMILES string of the molecule is CCc1cccc(NC(=O)N2CCn3nnc(COCc4cccnc4)c3C2)c1.O=C(O)C(F)(F)F. The van der Waals surface area contributed by atoms with Crippen LogP contribution in [0.5, 0.6) is 0 Å². The highest BCUT2D eigenvalue weighted by Gasteiger charge is 2.38. The van der Waals surface area contributed by atoms with Crippen molar-refractivity contribution in [3.8, 4) is 0 Å². The molecule has 3 heterocycles. The molecule has 0 fully saturated rings. The molecule has 0 radical (unpaired) electrons. The predicted molar refractivity (Wildman–Crippen MR) is 122 cm³/mol. The first kappa shape index (κ1) is 26.6. The number of anilines is 1. The Hall–Kier alpha value is -4.00. The zero-order valence-corrected chi connectivity index (χ0v) is 19.4. The van der Waals surface area contributed by atoms with Gasteiger partial charge in [-0.15, -0.1) is 5.10 Å². The molecule has 36 heavy (non-hydrogen) atoms. The van der Waals surface area contributed by atoms with Crippen molar-refractivity contribution >= 4 is 17.7 Å². The van der Waals surface area contributed by atoms with E-state index < -0.39 is 12.1 Å². The number of benzene rings is 1. The van der Waals surface area contributed by atoms with Crippen LogP contribution in [0.3, 0.4) is 0 Å². The van der Waals surface area contributed by atoms with Crippen molar-refractivity contribution in [2.75, 3.05) is 11.9 Å². The number of halogens is 3. The van der Waals surface area contributed by atoms with Crippen LogP contribution < -0.4 is 5.32 Å². The summed E-state index contributed by atoms with van der Waals surface area (Å²) in [6.07, 6.45) is -0.640. The number of aliphatic carboxylic acids is 1. The number of carbonyl (C=O) groups excluding carboxylic acids is 1. The van der Waals surface area contributed by atoms with Crippen molar-refractivity contribution in [2.24, 2.45) is 0 Å². The number of nitrogens with one attached hydrogen (secondary N) is 1. The Kier molecular flexibility index (Phi) is 8.95. The number of hydrogen-bond donors (Lipinski definition) is 2. The van der Waals surface area contributed by atoms with Gasteiger partial charge in [-0.1, -0.05) is 30.3 Å². The third-order valence-electron chi connectivity index (χ3n) is 5.19. The van der Waals surface area contributed by atoms with Crippen LogP contribution in [0.1, 0.15) is 29.4 Å². The van der Waals surface area contributed by atoms with Crippen LogP contribution in [-0.4, -0.2) is 54.7 Å². The van der Waals surface area contributed by atoms with E-state index in [1.165, 1.54) is 5.56 Å². The highest BCUT2D eigenvalue weighted by atomic mass is 19.4. The van der Waals surface area contributed by atoms with Gasteiger partial charge in [-0.05, 0) is 35.7 Å². The molecule has 2 N–H and O–H groups in total. The van der Waals surface area contributed by atoms with Gasteiger partial charge >= 0.3 is 18.2 Å². The molecule has 10 nitrogen and oxygen atoms in total. The summed E-state index contributed by atoms with van der Waals surface area (Å²) >= 11 is 0. The van der Waals surface area contributed by atoms with E-state index in [0.29, 0.717) is 32.8 Å². The first-order valence-electron chi connectivity index (χ1n) is 11.0. The number of ether oxygens (including phenoxy) is 1. The number of rotatable bonds is 6. The van der Waals surface area contributed by atoms with Crippen LogP contribution in [0, 0.1) is 0 Å². The smallest absolute Gasteiger partial charge is 0.475 e. The fraction of sp³-hybridized carbons (Fsp3) is 0.348. The summed E-state index contributed by atoms with van der Waals surface area (Å²) in [6.45, 7) is 4.56. The Morgan fingerprint density at radius 1 is 1.14 bits per heavy atom. The Morgan fingerprint density at radius 3 is 2.56 bits per heavy atom. The summed E-state index contributed by atoms with van der Waals surface area (Å²) < 4.78 is 39.4. The topological polar surface area (TPSA) is 122 Å². The van der Waals surface area contributed by atoms with Crippen LogP contribution in [0.15, 0.2) is 48.8 Å². The number of carbonyl (C=O) groups is 2. The third kappa shape index (κ3) is 7.50. The van der Waals surface area contributed by atoms with Crippen LogP contribution in [-0.2, 0) is 42.3 Å². The lowest BCUT2D eigenvalue weighted by Crippen LogP contribution is -2.41. The minimum atomic E-state index is -5.08. The maximum atomic E-state index is 12.7. The van der Waals surface area contributed by atoms with E-state index in [4.69, 9.17) is 14.6 Å². The van der Waals surface area contributed by atoms with Gasteiger partial charge in [-0.3, -0.25) is 4.98 Å². The summed E-state index contributed by atoms with van der Waals surface area (Å²) in [6, 6.07) is 11.7. The van der Waals surface area contributed by atoms with Gasteiger partial charge in [0.05, 0.1) is 32.0 Å². The first-order chi connectivity index (χ1) is 17.2. The second kappa shape index (κ2) is 12.1. The van der Waals surface area contributed by atoms with Crippen molar-refractivity contribution in [1.29, 1.82) is 0 Å². The minimum Gasteiger partial charge on any atom is -0.475 e. The van der Waals surface area contributed by atoms with Gasteiger partial charge < -0.3 is 20.1 Å². The fourth-order valence-corrected chi connectivity index (χ4v) is 3.30. The molecule has 1 aliphatic rings. The molecule has 2 aromatic heterocycles. The van der Waals surface area contributed by atoms with Crippen molar-refractivity contribution in [3.63, 3.8) is 0 Å². The number of carboxylic acid groups (broad SMARTS) is 1. The fourth-order valence-electron chi connectivity index (χ4n) is 3.30. The number of aromatic nitrogens is 4. The van der Waals surface area contributed by atoms with E-state index in [1.807, 2.05) is 35.0 Å². The molecule has 3 aromatic rings. The summed E-state index contributed by atoms with van der Waals surface area (Å²) in [7, 11) is 0. The second-order valence-electron chi connectivity index (χ2n) is 7.77. The normalized spacial score (nSPS) is 12.8. The summed E-state index contributed by atoms with van der Waals surface area (Å²) in [5.74, 6) is -2.76. The molecule has 0 atom stereocenters. The molecule has 2 amide bonds. The van der Waals surface area contributed by atoms with Crippen molar-refractivity contribution in [2.45, 2.75) is 45.8 Å². The lowest BCUT2D eigenvalue weighted by atomic mass is 10.1. The molecular weight excluding hydrogens is 481 g/mol. The standard InChI is InChI=1S/C21H24N6O2.C2HF3O2/c1-2-16-5-3-7-18(11-16)23-21(28)26-9-10-27-20(13-26)19(24-25-27)15-29-14-17-6-4-8-22-12-17;3-2(4,5)1(6)7/h3-8,11-12H,2,9-10,13-15H2,1H3,(H,23,28);(H,6,7). The van der Waals surface area contributed by atoms with E-state index in [1.54, 1.807) is 17.3 Å². The first-order valence-corrected chi connectivity index (χ1v) is 11.0. The zero-order valence-electron chi connectivity index (χ0n) is 19.4. The van der Waals surface area contributed by atoms with E-state index in [2.05, 4.69) is 33.6 Å². The number of fused-ring (bicyclic) bond motifs is 1. The van der Waals surface area contributed by atoms with E-state index >= 15 is 0 Å². The maximum Gasteiger partial charge on any atom is 0.490 e. The monoisotopic (exact) mass is 506 g/mol. The van der Waals surface area contributed by atoms with E-state index in [0.717, 1.165) is 29.1 Å². The average molecular weight is 506 g/mol. The minimum absolute atomic E-state index is 0.118. The zero-order chi connectivity index (χ0) is 26.1. The van der Waals surface area contributed by atoms with Gasteiger partial charge in [0.2, 0.25) is 0 Å². The third-order valence-corrected chi connectivity index (χ3v) is 5.19. The molecule has 1 aliphatic heterocycles. The van der Waals surface area contributed by atoms with Crippen molar-refractivity contribution in [3.05, 3.63) is 71.3 Å². The molecule has 0 aliphatic carbocycles. The van der Waals surface area contributed by atoms with Crippen LogP contribution in [0.4, 0.5) is 23.7 Å². The molecule has 0 saturated carbocycles. The van der Waals surface area contributed by atoms with Gasteiger partial charge in [0, 0.05) is 24.6 Å². The van der Waals surface area contributed by atoms with E-state index in [9.17, 15) is 18.0 Å². The quantitative estimate of drug-likeness (QED) is 0.523. The second-order valence-corrected chi connectivity index (χ2v) is 7.77. The molecule has 0 spiro atoms.